The van der Waals surface area contributed by atoms with Crippen LogP contribution in [0.1, 0.15) is 25.7 Å². The Kier molecular flexibility index (Phi) is 2.90. The summed E-state index contributed by atoms with van der Waals surface area (Å²) in [7, 11) is 0. The maximum Gasteiger partial charge on any atom is 0.239 e. The molecule has 0 aromatic carbocycles. The zero-order chi connectivity index (χ0) is 10.8. The van der Waals surface area contributed by atoms with Gasteiger partial charge in [-0.05, 0) is 25.7 Å². The number of hydrogen-bond acceptors (Lipinski definition) is 3. The highest BCUT2D eigenvalue weighted by atomic mass is 16.2. The lowest BCUT2D eigenvalue weighted by molar-refractivity contribution is -0.139. The molecular weight excluding hydrogens is 194 g/mol. The van der Waals surface area contributed by atoms with Gasteiger partial charge in [0.05, 0.1) is 12.6 Å². The molecule has 2 rings (SSSR count). The van der Waals surface area contributed by atoms with Crippen LogP contribution in [0.5, 0.6) is 0 Å². The van der Waals surface area contributed by atoms with Crippen LogP contribution in [0.4, 0.5) is 0 Å². The lowest BCUT2D eigenvalue weighted by Gasteiger charge is -2.29. The summed E-state index contributed by atoms with van der Waals surface area (Å²) in [6.07, 6.45) is 3.77. The van der Waals surface area contributed by atoms with Gasteiger partial charge in [0, 0.05) is 12.6 Å². The summed E-state index contributed by atoms with van der Waals surface area (Å²) < 4.78 is 0. The Morgan fingerprint density at radius 1 is 1.47 bits per heavy atom. The minimum Gasteiger partial charge on any atom is -0.352 e. The van der Waals surface area contributed by atoms with E-state index >= 15 is 0 Å². The quantitative estimate of drug-likeness (QED) is 0.642. The number of carbonyl (C=O) groups is 2. The van der Waals surface area contributed by atoms with Crippen LogP contribution in [0, 0.1) is 0 Å². The smallest absolute Gasteiger partial charge is 0.239 e. The molecule has 0 aromatic rings. The van der Waals surface area contributed by atoms with E-state index in [1.165, 1.54) is 0 Å². The van der Waals surface area contributed by atoms with Gasteiger partial charge in [0.1, 0.15) is 0 Å². The first-order chi connectivity index (χ1) is 7.16. The predicted molar refractivity (Wildman–Crippen MR) is 55.0 cm³/mol. The third-order valence-corrected chi connectivity index (χ3v) is 2.85. The van der Waals surface area contributed by atoms with Gasteiger partial charge in [0.2, 0.25) is 11.8 Å². The van der Waals surface area contributed by atoms with Crippen LogP contribution in [0.2, 0.25) is 0 Å². The molecule has 0 spiro atoms. The fourth-order valence-electron chi connectivity index (χ4n) is 1.80. The molecule has 1 heterocycles. The number of rotatable bonds is 3. The molecular formula is C10H17N3O2. The molecule has 1 atom stereocenters. The Hall–Kier alpha value is -1.10. The van der Waals surface area contributed by atoms with Crippen LogP contribution in [-0.4, -0.2) is 41.9 Å². The molecule has 3 N–H and O–H groups in total. The van der Waals surface area contributed by atoms with Crippen LogP contribution in [0.25, 0.3) is 0 Å². The predicted octanol–water partition coefficient (Wildman–Crippen LogP) is -0.785. The molecule has 0 unspecified atom stereocenters. The molecule has 0 bridgehead atoms. The second kappa shape index (κ2) is 4.18. The number of hydrogen-bond donors (Lipinski definition) is 2. The van der Waals surface area contributed by atoms with Crippen molar-refractivity contribution in [1.29, 1.82) is 0 Å². The molecule has 15 heavy (non-hydrogen) atoms. The number of carbonyl (C=O) groups excluding carboxylic acids is 2. The molecule has 2 fully saturated rings. The van der Waals surface area contributed by atoms with E-state index in [9.17, 15) is 9.59 Å². The average molecular weight is 211 g/mol. The SMILES string of the molecule is N[C@H]1CCCN(CC(=O)NC2CC2)C1=O. The largest absolute Gasteiger partial charge is 0.352 e. The Morgan fingerprint density at radius 3 is 2.87 bits per heavy atom. The minimum absolute atomic E-state index is 0.0556. The Labute approximate surface area is 89.0 Å². The van der Waals surface area contributed by atoms with Gasteiger partial charge in [-0.3, -0.25) is 9.59 Å². The standard InChI is InChI=1S/C10H17N3O2/c11-8-2-1-5-13(10(8)15)6-9(14)12-7-3-4-7/h7-8H,1-6,11H2,(H,12,14)/t8-/m0/s1. The van der Waals surface area contributed by atoms with Gasteiger partial charge >= 0.3 is 0 Å². The Morgan fingerprint density at radius 2 is 2.20 bits per heavy atom. The van der Waals surface area contributed by atoms with Crippen molar-refractivity contribution in [3.05, 3.63) is 0 Å². The first kappa shape index (κ1) is 10.4. The molecule has 1 aliphatic carbocycles. The molecule has 1 aliphatic heterocycles. The van der Waals surface area contributed by atoms with Crippen LogP contribution in [-0.2, 0) is 9.59 Å². The summed E-state index contributed by atoms with van der Waals surface area (Å²) in [6.45, 7) is 0.827. The molecule has 1 saturated carbocycles. The van der Waals surface area contributed by atoms with Gasteiger partial charge in [0.15, 0.2) is 0 Å². The maximum absolute atomic E-state index is 11.6. The van der Waals surface area contributed by atoms with E-state index in [-0.39, 0.29) is 18.4 Å². The topological polar surface area (TPSA) is 75.4 Å². The fraction of sp³-hybridized carbons (Fsp3) is 0.800. The van der Waals surface area contributed by atoms with Crippen molar-refractivity contribution in [1.82, 2.24) is 10.2 Å². The third-order valence-electron chi connectivity index (χ3n) is 2.85. The molecule has 1 saturated heterocycles. The first-order valence-corrected chi connectivity index (χ1v) is 5.50. The highest BCUT2D eigenvalue weighted by Gasteiger charge is 2.29. The van der Waals surface area contributed by atoms with Crippen molar-refractivity contribution < 1.29 is 9.59 Å². The van der Waals surface area contributed by atoms with E-state index in [4.69, 9.17) is 5.73 Å². The molecule has 2 aliphatic rings. The number of nitrogens with zero attached hydrogens (tertiary/aromatic N) is 1. The monoisotopic (exact) mass is 211 g/mol. The molecule has 0 radical (unpaired) electrons. The van der Waals surface area contributed by atoms with E-state index in [2.05, 4.69) is 5.32 Å². The zero-order valence-electron chi connectivity index (χ0n) is 8.74. The summed E-state index contributed by atoms with van der Waals surface area (Å²) in [4.78, 5) is 24.6. The zero-order valence-corrected chi connectivity index (χ0v) is 8.74. The van der Waals surface area contributed by atoms with Gasteiger partial charge in [-0.15, -0.1) is 0 Å². The van der Waals surface area contributed by atoms with Gasteiger partial charge < -0.3 is 16.0 Å². The Bertz CT molecular complexity index is 276. The molecule has 2 amide bonds. The lowest BCUT2D eigenvalue weighted by atomic mass is 10.1. The third kappa shape index (κ3) is 2.68. The van der Waals surface area contributed by atoms with Crippen molar-refractivity contribution in [2.24, 2.45) is 5.73 Å². The number of amides is 2. The van der Waals surface area contributed by atoms with Crippen LogP contribution < -0.4 is 11.1 Å². The molecule has 5 heteroatoms. The maximum atomic E-state index is 11.6. The molecule has 0 aromatic heterocycles. The van der Waals surface area contributed by atoms with E-state index in [0.29, 0.717) is 12.6 Å². The van der Waals surface area contributed by atoms with Crippen molar-refractivity contribution in [3.8, 4) is 0 Å². The average Bonchev–Trinajstić information content (AvgIpc) is 2.97. The second-order valence-electron chi connectivity index (χ2n) is 4.35. The number of nitrogens with one attached hydrogen (secondary N) is 1. The van der Waals surface area contributed by atoms with E-state index < -0.39 is 6.04 Å². The normalized spacial score (nSPS) is 26.6. The Balaban J connectivity index is 1.81. The summed E-state index contributed by atoms with van der Waals surface area (Å²) in [5.41, 5.74) is 5.64. The molecule has 5 nitrogen and oxygen atoms in total. The number of piperidine rings is 1. The fourth-order valence-corrected chi connectivity index (χ4v) is 1.80. The summed E-state index contributed by atoms with van der Waals surface area (Å²) >= 11 is 0. The highest BCUT2D eigenvalue weighted by Crippen LogP contribution is 2.18. The van der Waals surface area contributed by atoms with E-state index in [1.807, 2.05) is 0 Å². The van der Waals surface area contributed by atoms with Crippen molar-refractivity contribution in [2.45, 2.75) is 37.8 Å². The first-order valence-electron chi connectivity index (χ1n) is 5.50. The number of likely N-dealkylation sites (tertiary alicyclic amines) is 1. The van der Waals surface area contributed by atoms with Crippen molar-refractivity contribution >= 4 is 11.8 Å². The van der Waals surface area contributed by atoms with Gasteiger partial charge in [-0.2, -0.15) is 0 Å². The van der Waals surface area contributed by atoms with Crippen molar-refractivity contribution in [2.75, 3.05) is 13.1 Å². The summed E-state index contributed by atoms with van der Waals surface area (Å²) in [5, 5.41) is 2.86. The lowest BCUT2D eigenvalue weighted by Crippen LogP contribution is -2.51. The van der Waals surface area contributed by atoms with Crippen molar-refractivity contribution in [3.63, 3.8) is 0 Å². The second-order valence-corrected chi connectivity index (χ2v) is 4.35. The van der Waals surface area contributed by atoms with E-state index in [0.717, 1.165) is 25.7 Å². The highest BCUT2D eigenvalue weighted by molar-refractivity contribution is 5.88. The van der Waals surface area contributed by atoms with Gasteiger partial charge in [0.25, 0.3) is 0 Å². The minimum atomic E-state index is -0.410. The number of nitrogens with two attached hydrogens (primary N) is 1. The molecule has 84 valence electrons. The van der Waals surface area contributed by atoms with Gasteiger partial charge in [-0.25, -0.2) is 0 Å². The van der Waals surface area contributed by atoms with E-state index in [1.54, 1.807) is 4.90 Å². The van der Waals surface area contributed by atoms with Crippen LogP contribution in [0.3, 0.4) is 0 Å². The summed E-state index contributed by atoms with van der Waals surface area (Å²) in [6, 6.07) is -0.0569. The van der Waals surface area contributed by atoms with Crippen LogP contribution in [0.15, 0.2) is 0 Å². The van der Waals surface area contributed by atoms with Crippen LogP contribution >= 0.6 is 0 Å². The summed E-state index contributed by atoms with van der Waals surface area (Å²) in [5.74, 6) is -0.146. The van der Waals surface area contributed by atoms with Gasteiger partial charge in [-0.1, -0.05) is 0 Å².